The molecule has 0 aliphatic heterocycles. The average Bonchev–Trinajstić information content (AvgIpc) is 2.98. The molecule has 2 aromatic carbocycles. The van der Waals surface area contributed by atoms with Crippen molar-refractivity contribution in [1.82, 2.24) is 15.2 Å². The van der Waals surface area contributed by atoms with Crippen LogP contribution in [0.3, 0.4) is 0 Å². The molecule has 100 valence electrons. The molecule has 0 aliphatic rings. The molecular weight excluding hydrogens is 248 g/mol. The van der Waals surface area contributed by atoms with Crippen LogP contribution in [-0.2, 0) is 0 Å². The lowest BCUT2D eigenvalue weighted by Crippen LogP contribution is -2.13. The Kier molecular flexibility index (Phi) is 3.31. The Bertz CT molecular complexity index is 686. The van der Waals surface area contributed by atoms with Crippen molar-refractivity contribution in [2.45, 2.75) is 13.0 Å². The molecule has 20 heavy (non-hydrogen) atoms. The van der Waals surface area contributed by atoms with E-state index in [-0.39, 0.29) is 6.04 Å². The second kappa shape index (κ2) is 5.27. The molecule has 1 heterocycles. The summed E-state index contributed by atoms with van der Waals surface area (Å²) in [6, 6.07) is 17.7. The van der Waals surface area contributed by atoms with Gasteiger partial charge in [-0.2, -0.15) is 5.10 Å². The third-order valence-corrected chi connectivity index (χ3v) is 3.27. The van der Waals surface area contributed by atoms with Gasteiger partial charge in [-0.3, -0.25) is 5.10 Å². The minimum atomic E-state index is -0.289. The van der Waals surface area contributed by atoms with Gasteiger partial charge in [-0.25, -0.2) is 4.98 Å². The third-order valence-electron chi connectivity index (χ3n) is 3.27. The molecule has 0 unspecified atom stereocenters. The molecule has 1 aromatic heterocycles. The first-order valence-electron chi connectivity index (χ1n) is 6.54. The fraction of sp³-hybridized carbons (Fsp3) is 0.125. The largest absolute Gasteiger partial charge is 0.318 e. The van der Waals surface area contributed by atoms with E-state index in [1.165, 1.54) is 5.56 Å². The summed E-state index contributed by atoms with van der Waals surface area (Å²) >= 11 is 0. The van der Waals surface area contributed by atoms with Gasteiger partial charge in [0.15, 0.2) is 5.82 Å². The minimum absolute atomic E-state index is 0.289. The van der Waals surface area contributed by atoms with Gasteiger partial charge in [0.25, 0.3) is 0 Å². The lowest BCUT2D eigenvalue weighted by atomic mass is 10.1. The first-order valence-corrected chi connectivity index (χ1v) is 6.54. The maximum atomic E-state index is 6.20. The van der Waals surface area contributed by atoms with Crippen molar-refractivity contribution >= 4 is 0 Å². The van der Waals surface area contributed by atoms with E-state index in [0.717, 1.165) is 11.1 Å². The second-order valence-corrected chi connectivity index (χ2v) is 4.80. The molecule has 0 saturated heterocycles. The molecule has 0 amide bonds. The molecule has 3 aromatic rings. The Morgan fingerprint density at radius 1 is 1.00 bits per heavy atom. The molecule has 0 radical (unpaired) electrons. The topological polar surface area (TPSA) is 67.6 Å². The average molecular weight is 264 g/mol. The van der Waals surface area contributed by atoms with E-state index in [4.69, 9.17) is 5.73 Å². The van der Waals surface area contributed by atoms with Crippen LogP contribution in [0.15, 0.2) is 54.6 Å². The number of hydrogen-bond acceptors (Lipinski definition) is 3. The van der Waals surface area contributed by atoms with Gasteiger partial charge in [0.1, 0.15) is 5.82 Å². The molecule has 0 fully saturated rings. The van der Waals surface area contributed by atoms with Gasteiger partial charge in [-0.1, -0.05) is 60.2 Å². The number of benzene rings is 2. The maximum Gasteiger partial charge on any atom is 0.181 e. The molecule has 0 spiro atoms. The Labute approximate surface area is 117 Å². The Morgan fingerprint density at radius 2 is 1.70 bits per heavy atom. The Morgan fingerprint density at radius 3 is 2.40 bits per heavy atom. The van der Waals surface area contributed by atoms with Gasteiger partial charge >= 0.3 is 0 Å². The summed E-state index contributed by atoms with van der Waals surface area (Å²) in [5.41, 5.74) is 9.41. The van der Waals surface area contributed by atoms with Crippen molar-refractivity contribution in [2.75, 3.05) is 0 Å². The zero-order chi connectivity index (χ0) is 13.9. The number of aromatic amines is 1. The number of H-pyrrole nitrogens is 1. The van der Waals surface area contributed by atoms with Crippen LogP contribution < -0.4 is 5.73 Å². The number of nitrogens with two attached hydrogens (primary N) is 1. The molecule has 4 heteroatoms. The number of nitrogens with one attached hydrogen (secondary N) is 1. The summed E-state index contributed by atoms with van der Waals surface area (Å²) in [6.07, 6.45) is 0. The minimum Gasteiger partial charge on any atom is -0.318 e. The fourth-order valence-electron chi connectivity index (χ4n) is 2.06. The van der Waals surface area contributed by atoms with E-state index in [2.05, 4.69) is 22.1 Å². The lowest BCUT2D eigenvalue weighted by molar-refractivity contribution is 0.787. The van der Waals surface area contributed by atoms with Gasteiger partial charge in [-0.15, -0.1) is 0 Å². The summed E-state index contributed by atoms with van der Waals surface area (Å²) in [5.74, 6) is 1.35. The lowest BCUT2D eigenvalue weighted by Gasteiger charge is -2.07. The van der Waals surface area contributed by atoms with Gasteiger partial charge in [-0.05, 0) is 12.5 Å². The number of aryl methyl sites for hydroxylation is 1. The van der Waals surface area contributed by atoms with E-state index in [0.29, 0.717) is 11.6 Å². The number of nitrogens with zero attached hydrogens (tertiary/aromatic N) is 2. The number of rotatable bonds is 3. The number of aromatic nitrogens is 3. The molecule has 3 rings (SSSR count). The van der Waals surface area contributed by atoms with E-state index < -0.39 is 0 Å². The highest BCUT2D eigenvalue weighted by Crippen LogP contribution is 2.20. The van der Waals surface area contributed by atoms with Gasteiger partial charge < -0.3 is 5.73 Å². The van der Waals surface area contributed by atoms with Gasteiger partial charge in [0, 0.05) is 5.56 Å². The first kappa shape index (κ1) is 12.6. The van der Waals surface area contributed by atoms with Crippen LogP contribution in [0.2, 0.25) is 0 Å². The van der Waals surface area contributed by atoms with Crippen molar-refractivity contribution < 1.29 is 0 Å². The Balaban J connectivity index is 1.89. The third kappa shape index (κ3) is 2.46. The summed E-state index contributed by atoms with van der Waals surface area (Å²) in [7, 11) is 0. The van der Waals surface area contributed by atoms with Crippen molar-refractivity contribution in [1.29, 1.82) is 0 Å². The highest BCUT2D eigenvalue weighted by Gasteiger charge is 2.14. The summed E-state index contributed by atoms with van der Waals surface area (Å²) in [6.45, 7) is 2.05. The van der Waals surface area contributed by atoms with Gasteiger partial charge in [0.2, 0.25) is 0 Å². The molecule has 1 atom stereocenters. The Hall–Kier alpha value is -2.46. The van der Waals surface area contributed by atoms with Crippen LogP contribution in [0.1, 0.15) is 23.0 Å². The van der Waals surface area contributed by atoms with Crippen molar-refractivity contribution in [2.24, 2.45) is 5.73 Å². The number of hydrogen-bond donors (Lipinski definition) is 2. The van der Waals surface area contributed by atoms with Crippen molar-refractivity contribution in [3.8, 4) is 11.4 Å². The zero-order valence-electron chi connectivity index (χ0n) is 11.2. The highest BCUT2D eigenvalue weighted by atomic mass is 15.2. The predicted octanol–water partition coefficient (Wildman–Crippen LogP) is 2.83. The van der Waals surface area contributed by atoms with Crippen LogP contribution in [0.4, 0.5) is 0 Å². The SMILES string of the molecule is Cc1ccc(-c2n[nH]c([C@@H](N)c3ccccc3)n2)cc1. The van der Waals surface area contributed by atoms with Crippen LogP contribution in [0.25, 0.3) is 11.4 Å². The summed E-state index contributed by atoms with van der Waals surface area (Å²) in [4.78, 5) is 4.49. The highest BCUT2D eigenvalue weighted by molar-refractivity contribution is 5.55. The normalized spacial score (nSPS) is 12.3. The van der Waals surface area contributed by atoms with Gasteiger partial charge in [0.05, 0.1) is 6.04 Å². The van der Waals surface area contributed by atoms with E-state index in [1.54, 1.807) is 0 Å². The fourth-order valence-corrected chi connectivity index (χ4v) is 2.06. The van der Waals surface area contributed by atoms with E-state index in [1.807, 2.05) is 54.6 Å². The monoisotopic (exact) mass is 264 g/mol. The molecule has 0 aliphatic carbocycles. The first-order chi connectivity index (χ1) is 9.74. The zero-order valence-corrected chi connectivity index (χ0v) is 11.2. The quantitative estimate of drug-likeness (QED) is 0.764. The van der Waals surface area contributed by atoms with Crippen LogP contribution in [-0.4, -0.2) is 15.2 Å². The molecule has 0 saturated carbocycles. The maximum absolute atomic E-state index is 6.20. The van der Waals surface area contributed by atoms with E-state index >= 15 is 0 Å². The molecule has 4 nitrogen and oxygen atoms in total. The van der Waals surface area contributed by atoms with Crippen molar-refractivity contribution in [3.63, 3.8) is 0 Å². The molecule has 3 N–H and O–H groups in total. The standard InChI is InChI=1S/C16H16N4/c1-11-7-9-13(10-8-11)15-18-16(20-19-15)14(17)12-5-3-2-4-6-12/h2-10,14H,17H2,1H3,(H,18,19,20)/t14-/m0/s1. The smallest absolute Gasteiger partial charge is 0.181 e. The summed E-state index contributed by atoms with van der Waals surface area (Å²) < 4.78 is 0. The predicted molar refractivity (Wildman–Crippen MR) is 79.0 cm³/mol. The van der Waals surface area contributed by atoms with Crippen LogP contribution in [0, 0.1) is 6.92 Å². The molecule has 0 bridgehead atoms. The summed E-state index contributed by atoms with van der Waals surface area (Å²) in [5, 5.41) is 7.18. The van der Waals surface area contributed by atoms with Crippen LogP contribution >= 0.6 is 0 Å². The van der Waals surface area contributed by atoms with Crippen molar-refractivity contribution in [3.05, 3.63) is 71.5 Å². The van der Waals surface area contributed by atoms with Crippen LogP contribution in [0.5, 0.6) is 0 Å². The molecular formula is C16H16N4. The van der Waals surface area contributed by atoms with E-state index in [9.17, 15) is 0 Å². The second-order valence-electron chi connectivity index (χ2n) is 4.80.